The second-order valence-corrected chi connectivity index (χ2v) is 9.37. The molecule has 0 atom stereocenters. The number of hydrogen-bond acceptors (Lipinski definition) is 5. The molecule has 0 radical (unpaired) electrons. The molecule has 0 bridgehead atoms. The predicted octanol–water partition coefficient (Wildman–Crippen LogP) is 4.90. The Bertz CT molecular complexity index is 1220. The van der Waals surface area contributed by atoms with E-state index in [0.29, 0.717) is 22.0 Å². The van der Waals surface area contributed by atoms with Gasteiger partial charge in [-0.15, -0.1) is 5.10 Å². The number of pyridine rings is 1. The van der Waals surface area contributed by atoms with Gasteiger partial charge in [0.2, 0.25) is 18.6 Å². The van der Waals surface area contributed by atoms with E-state index < -0.39 is 18.3 Å². The number of aryl methyl sites for hydroxylation is 1. The monoisotopic (exact) mass is 507 g/mol. The van der Waals surface area contributed by atoms with E-state index >= 15 is 0 Å². The largest absolute Gasteiger partial charge is 0.445 e. The first-order valence-corrected chi connectivity index (χ1v) is 11.0. The zero-order valence-corrected chi connectivity index (χ0v) is 20.6. The summed E-state index contributed by atoms with van der Waals surface area (Å²) in [4.78, 5) is 30.1. The Morgan fingerprint density at radius 2 is 1.94 bits per heavy atom. The van der Waals surface area contributed by atoms with Crippen LogP contribution in [0.3, 0.4) is 0 Å². The van der Waals surface area contributed by atoms with E-state index in [9.17, 15) is 14.0 Å². The maximum Gasteiger partial charge on any atom is 0.253 e. The molecule has 2 aromatic heterocycles. The Balaban J connectivity index is 1.92. The van der Waals surface area contributed by atoms with Crippen LogP contribution >= 0.6 is 23.2 Å². The normalized spacial score (nSPS) is 11.3. The maximum absolute atomic E-state index is 13.0. The van der Waals surface area contributed by atoms with Crippen LogP contribution in [0, 0.1) is 6.92 Å². The molecule has 3 rings (SSSR count). The summed E-state index contributed by atoms with van der Waals surface area (Å²) in [5.74, 6) is -0.596. The van der Waals surface area contributed by atoms with Crippen molar-refractivity contribution >= 4 is 40.7 Å². The lowest BCUT2D eigenvalue weighted by Crippen LogP contribution is -2.41. The molecule has 0 aliphatic carbocycles. The number of carbonyl (C=O) groups excluding carboxylic acids is 2. The zero-order chi connectivity index (χ0) is 25.0. The lowest BCUT2D eigenvalue weighted by atomic mass is 10.0. The molecule has 0 saturated carbocycles. The minimum absolute atomic E-state index is 0.0278. The fraction of sp³-hybridized carbons (Fsp3) is 0.304. The first kappa shape index (κ1) is 25.5. The summed E-state index contributed by atoms with van der Waals surface area (Å²) in [7, 11) is 0. The lowest BCUT2D eigenvalue weighted by molar-refractivity contribution is -0.115. The molecule has 0 aliphatic heterocycles. The van der Waals surface area contributed by atoms with E-state index in [-0.39, 0.29) is 34.6 Å². The number of nitrogens with one attached hydrogen (secondary N) is 2. The SMILES string of the molecule is Cc1cc(Cl)cc(C(=O)NC(C)(C)C)c1NC(=O)Cc1cc(OCF)nn1-c1ncccc1Cl. The molecule has 1 aromatic carbocycles. The third kappa shape index (κ3) is 6.24. The molecule has 0 spiro atoms. The molecular weight excluding hydrogens is 484 g/mol. The highest BCUT2D eigenvalue weighted by Gasteiger charge is 2.22. The number of nitrogens with zero attached hydrogens (tertiary/aromatic N) is 3. The average Bonchev–Trinajstić information content (AvgIpc) is 3.11. The summed E-state index contributed by atoms with van der Waals surface area (Å²) in [5, 5.41) is 10.5. The second kappa shape index (κ2) is 10.4. The van der Waals surface area contributed by atoms with Crippen molar-refractivity contribution in [3.05, 3.63) is 63.4 Å². The summed E-state index contributed by atoms with van der Waals surface area (Å²) < 4.78 is 18.9. The number of alkyl halides is 1. The summed E-state index contributed by atoms with van der Waals surface area (Å²) >= 11 is 12.4. The molecule has 11 heteroatoms. The van der Waals surface area contributed by atoms with Crippen molar-refractivity contribution in [1.82, 2.24) is 20.1 Å². The molecule has 0 saturated heterocycles. The van der Waals surface area contributed by atoms with E-state index in [4.69, 9.17) is 27.9 Å². The number of anilines is 1. The van der Waals surface area contributed by atoms with Crippen LogP contribution in [0.5, 0.6) is 5.88 Å². The van der Waals surface area contributed by atoms with Crippen LogP contribution in [-0.2, 0) is 11.2 Å². The maximum atomic E-state index is 13.0. The van der Waals surface area contributed by atoms with E-state index in [2.05, 4.69) is 20.7 Å². The number of rotatable bonds is 7. The van der Waals surface area contributed by atoms with Crippen LogP contribution in [0.2, 0.25) is 10.0 Å². The van der Waals surface area contributed by atoms with Crippen LogP contribution in [-0.4, -0.2) is 39.0 Å². The number of amides is 2. The fourth-order valence-electron chi connectivity index (χ4n) is 3.21. The highest BCUT2D eigenvalue weighted by molar-refractivity contribution is 6.32. The molecular formula is C23H24Cl2FN5O3. The summed E-state index contributed by atoms with van der Waals surface area (Å²) in [6, 6.07) is 7.83. The molecule has 2 amide bonds. The number of carbonyl (C=O) groups is 2. The minimum Gasteiger partial charge on any atom is -0.445 e. The Morgan fingerprint density at radius 3 is 2.59 bits per heavy atom. The van der Waals surface area contributed by atoms with Gasteiger partial charge < -0.3 is 15.4 Å². The van der Waals surface area contributed by atoms with Crippen LogP contribution in [0.25, 0.3) is 5.82 Å². The smallest absolute Gasteiger partial charge is 0.253 e. The number of aromatic nitrogens is 3. The molecule has 2 N–H and O–H groups in total. The Hall–Kier alpha value is -3.17. The molecule has 3 aromatic rings. The highest BCUT2D eigenvalue weighted by Crippen LogP contribution is 2.27. The third-order valence-electron chi connectivity index (χ3n) is 4.54. The van der Waals surface area contributed by atoms with Gasteiger partial charge in [0.25, 0.3) is 5.91 Å². The zero-order valence-electron chi connectivity index (χ0n) is 19.1. The number of ether oxygens (including phenoxy) is 1. The Labute approximate surface area is 206 Å². The number of halogens is 3. The predicted molar refractivity (Wildman–Crippen MR) is 129 cm³/mol. The van der Waals surface area contributed by atoms with Crippen molar-refractivity contribution < 1.29 is 18.7 Å². The number of benzene rings is 1. The van der Waals surface area contributed by atoms with Crippen molar-refractivity contribution in [2.24, 2.45) is 0 Å². The van der Waals surface area contributed by atoms with Gasteiger partial charge in [-0.25, -0.2) is 14.1 Å². The Morgan fingerprint density at radius 1 is 1.21 bits per heavy atom. The van der Waals surface area contributed by atoms with E-state index in [1.807, 2.05) is 20.8 Å². The van der Waals surface area contributed by atoms with E-state index in [0.717, 1.165) is 0 Å². The van der Waals surface area contributed by atoms with Gasteiger partial charge in [0.05, 0.1) is 28.4 Å². The lowest BCUT2D eigenvalue weighted by Gasteiger charge is -2.22. The van der Waals surface area contributed by atoms with Gasteiger partial charge >= 0.3 is 0 Å². The van der Waals surface area contributed by atoms with Crippen molar-refractivity contribution in [3.8, 4) is 11.7 Å². The van der Waals surface area contributed by atoms with Gasteiger partial charge in [0.1, 0.15) is 0 Å². The van der Waals surface area contributed by atoms with E-state index in [1.54, 1.807) is 25.1 Å². The molecule has 34 heavy (non-hydrogen) atoms. The minimum atomic E-state index is -1.09. The standard InChI is InChI=1S/C23H24Cl2FN5O3/c1-13-8-14(24)9-16(22(33)29-23(2,3)4)20(13)28-18(32)10-15-11-19(34-12-26)30-31(15)21-17(25)6-5-7-27-21/h5-9,11H,10,12H2,1-4H3,(H,28,32)(H,29,33). The Kier molecular flexibility index (Phi) is 7.78. The molecule has 0 unspecified atom stereocenters. The van der Waals surface area contributed by atoms with Crippen molar-refractivity contribution in [2.45, 2.75) is 39.7 Å². The van der Waals surface area contributed by atoms with Crippen molar-refractivity contribution in [3.63, 3.8) is 0 Å². The molecule has 180 valence electrons. The molecule has 0 aliphatic rings. The van der Waals surface area contributed by atoms with Crippen LogP contribution in [0.15, 0.2) is 36.5 Å². The van der Waals surface area contributed by atoms with Gasteiger partial charge in [-0.2, -0.15) is 0 Å². The summed E-state index contributed by atoms with van der Waals surface area (Å²) in [6.07, 6.45) is 1.33. The van der Waals surface area contributed by atoms with Crippen LogP contribution < -0.4 is 15.4 Å². The highest BCUT2D eigenvalue weighted by atomic mass is 35.5. The van der Waals surface area contributed by atoms with Gasteiger partial charge in [-0.3, -0.25) is 9.59 Å². The summed E-state index contributed by atoms with van der Waals surface area (Å²) in [5.41, 5.74) is 1.04. The van der Waals surface area contributed by atoms with Gasteiger partial charge in [-0.05, 0) is 57.5 Å². The molecule has 0 fully saturated rings. The second-order valence-electron chi connectivity index (χ2n) is 8.52. The average molecular weight is 508 g/mol. The summed E-state index contributed by atoms with van der Waals surface area (Å²) in [6.45, 7) is 6.19. The van der Waals surface area contributed by atoms with E-state index in [1.165, 1.54) is 23.0 Å². The molecule has 8 nitrogen and oxygen atoms in total. The third-order valence-corrected chi connectivity index (χ3v) is 5.06. The first-order chi connectivity index (χ1) is 16.0. The van der Waals surface area contributed by atoms with Crippen LogP contribution in [0.1, 0.15) is 42.4 Å². The van der Waals surface area contributed by atoms with Gasteiger partial charge in [-0.1, -0.05) is 23.2 Å². The topological polar surface area (TPSA) is 98.1 Å². The van der Waals surface area contributed by atoms with Gasteiger partial charge in [0.15, 0.2) is 5.82 Å². The number of hydrogen-bond donors (Lipinski definition) is 2. The quantitative estimate of drug-likeness (QED) is 0.473. The molecule has 2 heterocycles. The fourth-order valence-corrected chi connectivity index (χ4v) is 3.68. The van der Waals surface area contributed by atoms with Crippen molar-refractivity contribution in [2.75, 3.05) is 12.2 Å². The van der Waals surface area contributed by atoms with Gasteiger partial charge in [0, 0.05) is 22.8 Å². The van der Waals surface area contributed by atoms with Crippen LogP contribution in [0.4, 0.5) is 10.1 Å². The van der Waals surface area contributed by atoms with Crippen molar-refractivity contribution in [1.29, 1.82) is 0 Å². The first-order valence-electron chi connectivity index (χ1n) is 10.3.